The van der Waals surface area contributed by atoms with Crippen molar-refractivity contribution in [2.75, 3.05) is 19.4 Å². The molecule has 0 spiro atoms. The van der Waals surface area contributed by atoms with Crippen molar-refractivity contribution in [3.8, 4) is 0 Å². The van der Waals surface area contributed by atoms with Gasteiger partial charge in [-0.2, -0.15) is 0 Å². The molecule has 1 amide bonds. The average molecular weight is 361 g/mol. The van der Waals surface area contributed by atoms with Gasteiger partial charge in [-0.15, -0.1) is 0 Å². The van der Waals surface area contributed by atoms with E-state index in [1.807, 2.05) is 0 Å². The van der Waals surface area contributed by atoms with E-state index in [-0.39, 0.29) is 18.4 Å². The Balaban J connectivity index is 1.98. The zero-order chi connectivity index (χ0) is 16.9. The predicted molar refractivity (Wildman–Crippen MR) is 88.8 cm³/mol. The monoisotopic (exact) mass is 360 g/mol. The van der Waals surface area contributed by atoms with Crippen molar-refractivity contribution in [3.05, 3.63) is 34.9 Å². The molecule has 0 saturated carbocycles. The Morgan fingerprint density at radius 1 is 1.39 bits per heavy atom. The zero-order valence-corrected chi connectivity index (χ0v) is 14.5. The van der Waals surface area contributed by atoms with E-state index < -0.39 is 16.1 Å². The van der Waals surface area contributed by atoms with Crippen LogP contribution in [-0.2, 0) is 19.6 Å². The van der Waals surface area contributed by atoms with Crippen LogP contribution in [0.25, 0.3) is 0 Å². The highest BCUT2D eigenvalue weighted by molar-refractivity contribution is 7.88. The fraction of sp³-hybridized carbons (Fsp3) is 0.533. The summed E-state index contributed by atoms with van der Waals surface area (Å²) in [5.74, 6) is -0.225. The second-order valence-corrected chi connectivity index (χ2v) is 7.85. The summed E-state index contributed by atoms with van der Waals surface area (Å²) in [7, 11) is -3.45. The number of amides is 1. The van der Waals surface area contributed by atoms with Crippen molar-refractivity contribution in [3.63, 3.8) is 0 Å². The molecule has 0 aliphatic carbocycles. The Morgan fingerprint density at radius 2 is 2.09 bits per heavy atom. The molecule has 23 heavy (non-hydrogen) atoms. The summed E-state index contributed by atoms with van der Waals surface area (Å²) < 4.78 is 31.0. The van der Waals surface area contributed by atoms with Crippen LogP contribution in [0.2, 0.25) is 5.02 Å². The van der Waals surface area contributed by atoms with Gasteiger partial charge in [0.15, 0.2) is 0 Å². The van der Waals surface area contributed by atoms with Crippen molar-refractivity contribution in [1.82, 2.24) is 10.0 Å². The molecule has 0 radical (unpaired) electrons. The first-order chi connectivity index (χ1) is 10.8. The number of benzene rings is 1. The largest absolute Gasteiger partial charge is 0.376 e. The lowest BCUT2D eigenvalue weighted by Gasteiger charge is -2.18. The van der Waals surface area contributed by atoms with Crippen molar-refractivity contribution >= 4 is 27.5 Å². The molecule has 1 saturated heterocycles. The van der Waals surface area contributed by atoms with E-state index in [1.165, 1.54) is 0 Å². The van der Waals surface area contributed by atoms with E-state index in [2.05, 4.69) is 10.0 Å². The molecule has 8 heteroatoms. The summed E-state index contributed by atoms with van der Waals surface area (Å²) in [5.41, 5.74) is 0.687. The molecule has 6 nitrogen and oxygen atoms in total. The van der Waals surface area contributed by atoms with Crippen LogP contribution in [0.3, 0.4) is 0 Å². The number of sulfonamides is 1. The van der Waals surface area contributed by atoms with Crippen LogP contribution >= 0.6 is 11.6 Å². The van der Waals surface area contributed by atoms with Crippen molar-refractivity contribution in [1.29, 1.82) is 0 Å². The minimum Gasteiger partial charge on any atom is -0.376 e. The van der Waals surface area contributed by atoms with Crippen molar-refractivity contribution in [2.24, 2.45) is 0 Å². The third kappa shape index (κ3) is 6.47. The molecule has 0 unspecified atom stereocenters. The van der Waals surface area contributed by atoms with Crippen molar-refractivity contribution < 1.29 is 17.9 Å². The van der Waals surface area contributed by atoms with E-state index in [9.17, 15) is 13.2 Å². The normalized spacial score (nSPS) is 19.5. The standard InChI is InChI=1S/C15H21ClN2O4S/c1-23(20,21)18-14(11-4-6-12(16)7-5-11)9-15(19)17-10-13-3-2-8-22-13/h4-7,13-14,18H,2-3,8-10H2,1H3,(H,17,19)/t13-,14+/m1/s1. The summed E-state index contributed by atoms with van der Waals surface area (Å²) in [6, 6.07) is 6.11. The van der Waals surface area contributed by atoms with Gasteiger partial charge < -0.3 is 10.1 Å². The van der Waals surface area contributed by atoms with E-state index >= 15 is 0 Å². The molecule has 0 aromatic heterocycles. The minimum atomic E-state index is -3.45. The molecule has 2 atom stereocenters. The van der Waals surface area contributed by atoms with Gasteiger partial charge in [0.05, 0.1) is 18.4 Å². The van der Waals surface area contributed by atoms with Gasteiger partial charge in [0.25, 0.3) is 0 Å². The van der Waals surface area contributed by atoms with E-state index in [0.717, 1.165) is 25.7 Å². The Hall–Kier alpha value is -1.15. The van der Waals surface area contributed by atoms with Crippen LogP contribution in [-0.4, -0.2) is 39.8 Å². The van der Waals surface area contributed by atoms with Crippen molar-refractivity contribution in [2.45, 2.75) is 31.4 Å². The van der Waals surface area contributed by atoms with Crippen LogP contribution in [0.15, 0.2) is 24.3 Å². The third-order valence-corrected chi connectivity index (χ3v) is 4.53. The molecule has 2 N–H and O–H groups in total. The number of carbonyl (C=O) groups excluding carboxylic acids is 1. The molecule has 2 rings (SSSR count). The third-order valence-electron chi connectivity index (χ3n) is 3.57. The summed E-state index contributed by atoms with van der Waals surface area (Å²) in [6.07, 6.45) is 3.07. The maximum absolute atomic E-state index is 12.1. The molecule has 1 aliphatic rings. The lowest BCUT2D eigenvalue weighted by Crippen LogP contribution is -2.36. The lowest BCUT2D eigenvalue weighted by molar-refractivity contribution is -0.122. The van der Waals surface area contributed by atoms with Gasteiger partial charge in [-0.25, -0.2) is 13.1 Å². The highest BCUT2D eigenvalue weighted by atomic mass is 35.5. The number of nitrogens with one attached hydrogen (secondary N) is 2. The van der Waals surface area contributed by atoms with Gasteiger partial charge in [-0.3, -0.25) is 4.79 Å². The zero-order valence-electron chi connectivity index (χ0n) is 12.9. The topological polar surface area (TPSA) is 84.5 Å². The van der Waals surface area contributed by atoms with E-state index in [1.54, 1.807) is 24.3 Å². The lowest BCUT2D eigenvalue weighted by atomic mass is 10.0. The van der Waals surface area contributed by atoms with E-state index in [4.69, 9.17) is 16.3 Å². The van der Waals surface area contributed by atoms with Crippen LogP contribution < -0.4 is 10.0 Å². The number of hydrogen-bond acceptors (Lipinski definition) is 4. The quantitative estimate of drug-likeness (QED) is 0.773. The van der Waals surface area contributed by atoms with Crippen LogP contribution in [0.4, 0.5) is 0 Å². The molecule has 0 bridgehead atoms. The first-order valence-corrected chi connectivity index (χ1v) is 9.71. The summed E-state index contributed by atoms with van der Waals surface area (Å²) >= 11 is 5.85. The summed E-state index contributed by atoms with van der Waals surface area (Å²) in [6.45, 7) is 1.18. The molecular weight excluding hydrogens is 340 g/mol. The predicted octanol–water partition coefficient (Wildman–Crippen LogP) is 1.62. The number of carbonyl (C=O) groups is 1. The maximum atomic E-state index is 12.1. The number of halogens is 1. The number of hydrogen-bond donors (Lipinski definition) is 2. The molecule has 1 fully saturated rings. The fourth-order valence-corrected chi connectivity index (χ4v) is 3.33. The minimum absolute atomic E-state index is 0.0153. The Morgan fingerprint density at radius 3 is 2.65 bits per heavy atom. The highest BCUT2D eigenvalue weighted by Crippen LogP contribution is 2.20. The highest BCUT2D eigenvalue weighted by Gasteiger charge is 2.21. The van der Waals surface area contributed by atoms with Crippen LogP contribution in [0, 0.1) is 0 Å². The van der Waals surface area contributed by atoms with Gasteiger partial charge in [-0.1, -0.05) is 23.7 Å². The van der Waals surface area contributed by atoms with Crippen LogP contribution in [0.5, 0.6) is 0 Å². The fourth-order valence-electron chi connectivity index (χ4n) is 2.47. The SMILES string of the molecule is CS(=O)(=O)N[C@@H](CC(=O)NC[C@H]1CCCO1)c1ccc(Cl)cc1. The Kier molecular flexibility index (Phi) is 6.41. The van der Waals surface area contributed by atoms with Gasteiger partial charge >= 0.3 is 0 Å². The van der Waals surface area contributed by atoms with Gasteiger partial charge in [0, 0.05) is 24.6 Å². The maximum Gasteiger partial charge on any atom is 0.222 e. The first kappa shape index (κ1) is 18.2. The molecule has 128 valence electrons. The molecule has 1 aliphatic heterocycles. The Labute approximate surface area is 141 Å². The first-order valence-electron chi connectivity index (χ1n) is 7.44. The van der Waals surface area contributed by atoms with Crippen LogP contribution in [0.1, 0.15) is 30.9 Å². The molecule has 1 heterocycles. The summed E-state index contributed by atoms with van der Waals surface area (Å²) in [4.78, 5) is 12.1. The molecule has 1 aromatic carbocycles. The number of rotatable bonds is 7. The number of ether oxygens (including phenoxy) is 1. The summed E-state index contributed by atoms with van der Waals surface area (Å²) in [5, 5.41) is 3.35. The average Bonchev–Trinajstić information content (AvgIpc) is 2.97. The smallest absolute Gasteiger partial charge is 0.222 e. The second kappa shape index (κ2) is 8.10. The second-order valence-electron chi connectivity index (χ2n) is 5.64. The molecule has 1 aromatic rings. The van der Waals surface area contributed by atoms with E-state index in [0.29, 0.717) is 17.1 Å². The van der Waals surface area contributed by atoms with Gasteiger partial charge in [0.2, 0.25) is 15.9 Å². The molecular formula is C15H21ClN2O4S. The Bertz CT molecular complexity index is 627. The van der Waals surface area contributed by atoms with Gasteiger partial charge in [-0.05, 0) is 30.5 Å². The van der Waals surface area contributed by atoms with Gasteiger partial charge in [0.1, 0.15) is 0 Å².